The normalized spacial score (nSPS) is 25.1. The van der Waals surface area contributed by atoms with Gasteiger partial charge in [0.25, 0.3) is 0 Å². The van der Waals surface area contributed by atoms with Crippen molar-refractivity contribution in [3.05, 3.63) is 0 Å². The summed E-state index contributed by atoms with van der Waals surface area (Å²) < 4.78 is 0. The molecule has 0 amide bonds. The topological polar surface area (TPSA) is 15.3 Å². The second-order valence-corrected chi connectivity index (χ2v) is 7.27. The monoisotopic (exact) mass is 294 g/mol. The maximum absolute atomic E-state index is 3.97. The van der Waals surface area contributed by atoms with E-state index in [1.54, 1.807) is 0 Å². The Kier molecular flexibility index (Phi) is 7.01. The maximum atomic E-state index is 3.97. The van der Waals surface area contributed by atoms with Crippen molar-refractivity contribution in [3.63, 3.8) is 0 Å². The molecule has 0 aromatic rings. The molecule has 1 N–H and O–H groups in total. The van der Waals surface area contributed by atoms with Crippen LogP contribution in [0.15, 0.2) is 0 Å². The van der Waals surface area contributed by atoms with Crippen LogP contribution in [-0.4, -0.2) is 36.1 Å². The predicted octanol–water partition coefficient (Wildman–Crippen LogP) is 4.59. The lowest BCUT2D eigenvalue weighted by atomic mass is 9.75. The Morgan fingerprint density at radius 1 is 0.905 bits per heavy atom. The van der Waals surface area contributed by atoms with Crippen LogP contribution in [0.2, 0.25) is 0 Å². The number of hydrogen-bond acceptors (Lipinski definition) is 2. The Balaban J connectivity index is 2.22. The first-order chi connectivity index (χ1) is 10.3. The first kappa shape index (κ1) is 17.3. The van der Waals surface area contributed by atoms with Crippen LogP contribution >= 0.6 is 0 Å². The Hall–Kier alpha value is -0.0800. The van der Waals surface area contributed by atoms with Crippen molar-refractivity contribution in [1.29, 1.82) is 0 Å². The number of likely N-dealkylation sites (N-methyl/N-ethyl adjacent to an activating group) is 2. The van der Waals surface area contributed by atoms with Gasteiger partial charge in [0.15, 0.2) is 0 Å². The van der Waals surface area contributed by atoms with Crippen molar-refractivity contribution in [2.45, 2.75) is 96.6 Å². The van der Waals surface area contributed by atoms with Crippen molar-refractivity contribution in [1.82, 2.24) is 10.2 Å². The lowest BCUT2D eigenvalue weighted by molar-refractivity contribution is 0.0359. The van der Waals surface area contributed by atoms with Gasteiger partial charge in [0.1, 0.15) is 0 Å². The second kappa shape index (κ2) is 8.53. The zero-order valence-corrected chi connectivity index (χ0v) is 14.8. The molecular formula is C19H38N2. The minimum atomic E-state index is 0.453. The van der Waals surface area contributed by atoms with Gasteiger partial charge in [-0.05, 0) is 51.2 Å². The van der Waals surface area contributed by atoms with E-state index in [1.165, 1.54) is 77.3 Å². The number of hydrogen-bond donors (Lipinski definition) is 1. The fourth-order valence-electron chi connectivity index (χ4n) is 5.32. The molecule has 124 valence electrons. The summed E-state index contributed by atoms with van der Waals surface area (Å²) in [5, 5.41) is 3.97. The third-order valence-corrected chi connectivity index (χ3v) is 6.24. The summed E-state index contributed by atoms with van der Waals surface area (Å²) in [5.74, 6) is 0.908. The van der Waals surface area contributed by atoms with Crippen molar-refractivity contribution in [3.8, 4) is 0 Å². The molecule has 0 aromatic carbocycles. The highest BCUT2D eigenvalue weighted by atomic mass is 15.2. The molecule has 0 spiro atoms. The molecule has 21 heavy (non-hydrogen) atoms. The van der Waals surface area contributed by atoms with E-state index in [1.807, 2.05) is 0 Å². The summed E-state index contributed by atoms with van der Waals surface area (Å²) >= 11 is 0. The average Bonchev–Trinajstić information content (AvgIpc) is 2.83. The van der Waals surface area contributed by atoms with Crippen molar-refractivity contribution in [2.75, 3.05) is 19.6 Å². The summed E-state index contributed by atoms with van der Waals surface area (Å²) in [6.45, 7) is 10.6. The molecule has 0 aromatic heterocycles. The fraction of sp³-hybridized carbons (Fsp3) is 1.00. The molecule has 0 saturated heterocycles. The lowest BCUT2D eigenvalue weighted by Crippen LogP contribution is -2.62. The molecule has 0 heterocycles. The van der Waals surface area contributed by atoms with E-state index in [9.17, 15) is 0 Å². The summed E-state index contributed by atoms with van der Waals surface area (Å²) in [4.78, 5) is 2.80. The van der Waals surface area contributed by atoms with Crippen LogP contribution < -0.4 is 5.32 Å². The third-order valence-electron chi connectivity index (χ3n) is 6.24. The molecule has 2 heteroatoms. The van der Waals surface area contributed by atoms with E-state index in [-0.39, 0.29) is 0 Å². The van der Waals surface area contributed by atoms with E-state index in [4.69, 9.17) is 0 Å². The van der Waals surface area contributed by atoms with Crippen LogP contribution in [0.3, 0.4) is 0 Å². The van der Waals surface area contributed by atoms with Gasteiger partial charge in [-0.1, -0.05) is 59.3 Å². The van der Waals surface area contributed by atoms with E-state index >= 15 is 0 Å². The fourth-order valence-corrected chi connectivity index (χ4v) is 5.32. The van der Waals surface area contributed by atoms with Crippen LogP contribution in [0.25, 0.3) is 0 Å². The van der Waals surface area contributed by atoms with E-state index in [2.05, 4.69) is 31.0 Å². The van der Waals surface area contributed by atoms with Gasteiger partial charge in [-0.2, -0.15) is 0 Å². The smallest absolute Gasteiger partial charge is 0.0364 e. The number of rotatable bonds is 7. The highest BCUT2D eigenvalue weighted by Gasteiger charge is 2.47. The second-order valence-electron chi connectivity index (χ2n) is 7.27. The van der Waals surface area contributed by atoms with Crippen LogP contribution in [0.4, 0.5) is 0 Å². The number of nitrogens with one attached hydrogen (secondary N) is 1. The summed E-state index contributed by atoms with van der Waals surface area (Å²) in [6.07, 6.45) is 14.5. The molecule has 1 unspecified atom stereocenters. The first-order valence-electron chi connectivity index (χ1n) is 9.77. The molecule has 0 aliphatic heterocycles. The Morgan fingerprint density at radius 3 is 1.95 bits per heavy atom. The van der Waals surface area contributed by atoms with E-state index in [0.717, 1.165) is 18.5 Å². The first-order valence-corrected chi connectivity index (χ1v) is 9.77. The quantitative estimate of drug-likeness (QED) is 0.691. The SMILES string of the molecule is CCNC(C1CCCCCC1)C1(N(CC)CC)CCCC1. The highest BCUT2D eigenvalue weighted by molar-refractivity contribution is 5.05. The van der Waals surface area contributed by atoms with E-state index < -0.39 is 0 Å². The van der Waals surface area contributed by atoms with Crippen LogP contribution in [0.1, 0.15) is 85.0 Å². The van der Waals surface area contributed by atoms with Gasteiger partial charge >= 0.3 is 0 Å². The zero-order chi connectivity index (χ0) is 15.1. The molecule has 1 atom stereocenters. The van der Waals surface area contributed by atoms with Crippen molar-refractivity contribution < 1.29 is 0 Å². The minimum Gasteiger partial charge on any atom is -0.312 e. The van der Waals surface area contributed by atoms with Crippen molar-refractivity contribution >= 4 is 0 Å². The molecule has 0 radical (unpaired) electrons. The molecule has 2 fully saturated rings. The number of nitrogens with zero attached hydrogens (tertiary/aromatic N) is 1. The van der Waals surface area contributed by atoms with Gasteiger partial charge < -0.3 is 5.32 Å². The minimum absolute atomic E-state index is 0.453. The molecule has 0 bridgehead atoms. The van der Waals surface area contributed by atoms with Crippen LogP contribution in [0.5, 0.6) is 0 Å². The molecule has 2 saturated carbocycles. The van der Waals surface area contributed by atoms with Crippen LogP contribution in [-0.2, 0) is 0 Å². The molecule has 2 nitrogen and oxygen atoms in total. The van der Waals surface area contributed by atoms with Gasteiger partial charge in [-0.3, -0.25) is 4.90 Å². The molecule has 2 aliphatic carbocycles. The third kappa shape index (κ3) is 3.82. The standard InChI is InChI=1S/C19H38N2/c1-4-20-18(17-13-9-7-8-10-14-17)19(15-11-12-16-19)21(5-2)6-3/h17-18,20H,4-16H2,1-3H3. The van der Waals surface area contributed by atoms with Gasteiger partial charge in [0.05, 0.1) is 0 Å². The van der Waals surface area contributed by atoms with Crippen molar-refractivity contribution in [2.24, 2.45) is 5.92 Å². The van der Waals surface area contributed by atoms with Gasteiger partial charge in [0.2, 0.25) is 0 Å². The molecule has 2 rings (SSSR count). The lowest BCUT2D eigenvalue weighted by Gasteiger charge is -2.49. The van der Waals surface area contributed by atoms with Crippen LogP contribution in [0, 0.1) is 5.92 Å². The van der Waals surface area contributed by atoms with Gasteiger partial charge in [0, 0.05) is 11.6 Å². The Morgan fingerprint density at radius 2 is 1.48 bits per heavy atom. The Labute approximate surface area is 133 Å². The zero-order valence-electron chi connectivity index (χ0n) is 14.8. The molecule has 2 aliphatic rings. The Bertz CT molecular complexity index is 271. The summed E-state index contributed by atoms with van der Waals surface area (Å²) in [6, 6.07) is 0.725. The summed E-state index contributed by atoms with van der Waals surface area (Å²) in [7, 11) is 0. The predicted molar refractivity (Wildman–Crippen MR) is 92.8 cm³/mol. The van der Waals surface area contributed by atoms with E-state index in [0.29, 0.717) is 5.54 Å². The largest absolute Gasteiger partial charge is 0.312 e. The van der Waals surface area contributed by atoms with Gasteiger partial charge in [-0.25, -0.2) is 0 Å². The average molecular weight is 295 g/mol. The maximum Gasteiger partial charge on any atom is 0.0364 e. The van der Waals surface area contributed by atoms with Gasteiger partial charge in [-0.15, -0.1) is 0 Å². The highest BCUT2D eigenvalue weighted by Crippen LogP contribution is 2.43. The molecular weight excluding hydrogens is 256 g/mol. The summed E-state index contributed by atoms with van der Waals surface area (Å²) in [5.41, 5.74) is 0.453.